The van der Waals surface area contributed by atoms with Crippen LogP contribution in [-0.4, -0.2) is 12.1 Å². The number of hydrogen-bond donors (Lipinski definition) is 0. The van der Waals surface area contributed by atoms with Gasteiger partial charge in [0.15, 0.2) is 0 Å². The molecule has 54 valence electrons. The minimum absolute atomic E-state index is 0.343. The molecular weight excluding hydrogens is 116 g/mol. The maximum Gasteiger partial charge on any atom is 0.132 e. The fourth-order valence-corrected chi connectivity index (χ4v) is 0.250. The second kappa shape index (κ2) is 10.3. The van der Waals surface area contributed by atoms with Crippen LogP contribution in [0.15, 0.2) is 0 Å². The first-order valence-corrected chi connectivity index (χ1v) is 3.14. The highest BCUT2D eigenvalue weighted by atomic mass is 16.1. The zero-order chi connectivity index (χ0) is 7.70. The third kappa shape index (κ3) is 18.8. The lowest BCUT2D eigenvalue weighted by atomic mass is 10.3. The van der Waals surface area contributed by atoms with Crippen molar-refractivity contribution in [1.82, 2.24) is 0 Å². The molecule has 0 aromatic heterocycles. The predicted octanol–water partition coefficient (Wildman–Crippen LogP) is 1.58. The van der Waals surface area contributed by atoms with Gasteiger partial charge < -0.3 is 4.79 Å². The van der Waals surface area contributed by atoms with E-state index in [0.29, 0.717) is 18.6 Å². The van der Waals surface area contributed by atoms with Gasteiger partial charge in [-0.1, -0.05) is 13.8 Å². The molecule has 0 aliphatic carbocycles. The van der Waals surface area contributed by atoms with Crippen molar-refractivity contribution in [2.45, 2.75) is 33.6 Å². The van der Waals surface area contributed by atoms with E-state index in [-0.39, 0.29) is 0 Å². The summed E-state index contributed by atoms with van der Waals surface area (Å²) in [5.41, 5.74) is 0. The summed E-state index contributed by atoms with van der Waals surface area (Å²) in [6.07, 6.45) is 2.13. The lowest BCUT2D eigenvalue weighted by Crippen LogP contribution is -1.88. The molecule has 0 heterocycles. The molecule has 0 spiro atoms. The maximum absolute atomic E-state index is 10.2. The SMILES string of the molecule is CC=O.CCC(=O)CC. The molecule has 0 aliphatic heterocycles. The van der Waals surface area contributed by atoms with E-state index in [1.165, 1.54) is 6.92 Å². The van der Waals surface area contributed by atoms with Crippen LogP contribution in [0.2, 0.25) is 0 Å². The highest BCUT2D eigenvalue weighted by Gasteiger charge is 1.86. The van der Waals surface area contributed by atoms with Gasteiger partial charge in [-0.3, -0.25) is 4.79 Å². The molecule has 0 saturated heterocycles. The average Bonchev–Trinajstić information content (AvgIpc) is 1.88. The summed E-state index contributed by atoms with van der Waals surface area (Å²) in [5.74, 6) is 0.343. The Morgan fingerprint density at radius 3 is 1.56 bits per heavy atom. The van der Waals surface area contributed by atoms with Crippen molar-refractivity contribution in [3.63, 3.8) is 0 Å². The third-order valence-corrected chi connectivity index (χ3v) is 0.789. The summed E-state index contributed by atoms with van der Waals surface area (Å²) in [4.78, 5) is 19.0. The van der Waals surface area contributed by atoms with Crippen LogP contribution in [-0.2, 0) is 9.59 Å². The van der Waals surface area contributed by atoms with Crippen molar-refractivity contribution in [2.75, 3.05) is 0 Å². The van der Waals surface area contributed by atoms with Crippen LogP contribution in [0.4, 0.5) is 0 Å². The van der Waals surface area contributed by atoms with E-state index >= 15 is 0 Å². The Balaban J connectivity index is 0. The standard InChI is InChI=1S/C5H10O.C2H4O/c1-3-5(6)4-2;1-2-3/h3-4H2,1-2H3;2H,1H3. The number of ketones is 1. The summed E-state index contributed by atoms with van der Waals surface area (Å²) >= 11 is 0. The van der Waals surface area contributed by atoms with Crippen molar-refractivity contribution in [3.8, 4) is 0 Å². The molecule has 2 heteroatoms. The Morgan fingerprint density at radius 1 is 1.33 bits per heavy atom. The number of aldehydes is 1. The molecule has 0 unspecified atom stereocenters. The fourth-order valence-electron chi connectivity index (χ4n) is 0.250. The van der Waals surface area contributed by atoms with E-state index in [9.17, 15) is 4.79 Å². The van der Waals surface area contributed by atoms with E-state index in [4.69, 9.17) is 4.79 Å². The van der Waals surface area contributed by atoms with E-state index in [0.717, 1.165) is 6.29 Å². The number of rotatable bonds is 2. The number of Topliss-reactive ketones (excluding diaryl/α,β-unsaturated/α-hetero) is 1. The second-order valence-electron chi connectivity index (χ2n) is 1.48. The van der Waals surface area contributed by atoms with Crippen molar-refractivity contribution in [1.29, 1.82) is 0 Å². The average molecular weight is 130 g/mol. The molecule has 0 aromatic carbocycles. The lowest BCUT2D eigenvalue weighted by molar-refractivity contribution is -0.118. The van der Waals surface area contributed by atoms with Gasteiger partial charge >= 0.3 is 0 Å². The van der Waals surface area contributed by atoms with Gasteiger partial charge in [-0.25, -0.2) is 0 Å². The molecule has 0 N–H and O–H groups in total. The molecule has 0 amide bonds. The Hall–Kier alpha value is -0.660. The van der Waals surface area contributed by atoms with Crippen LogP contribution >= 0.6 is 0 Å². The van der Waals surface area contributed by atoms with Crippen LogP contribution in [0.5, 0.6) is 0 Å². The van der Waals surface area contributed by atoms with Gasteiger partial charge in [-0.2, -0.15) is 0 Å². The molecule has 0 aliphatic rings. The Labute approximate surface area is 56.3 Å². The molecule has 0 saturated carbocycles. The Bertz CT molecular complexity index is 71.0. The first-order valence-electron chi connectivity index (χ1n) is 3.14. The Morgan fingerprint density at radius 2 is 1.56 bits per heavy atom. The quantitative estimate of drug-likeness (QED) is 0.532. The largest absolute Gasteiger partial charge is 0.304 e. The molecule has 9 heavy (non-hydrogen) atoms. The van der Waals surface area contributed by atoms with Gasteiger partial charge in [0.1, 0.15) is 12.1 Å². The van der Waals surface area contributed by atoms with Crippen molar-refractivity contribution in [2.24, 2.45) is 0 Å². The molecule has 0 bridgehead atoms. The van der Waals surface area contributed by atoms with E-state index < -0.39 is 0 Å². The molecule has 0 atom stereocenters. The predicted molar refractivity (Wildman–Crippen MR) is 37.3 cm³/mol. The van der Waals surface area contributed by atoms with Gasteiger partial charge in [0.2, 0.25) is 0 Å². The van der Waals surface area contributed by atoms with Crippen LogP contribution in [0.3, 0.4) is 0 Å². The normalized spacial score (nSPS) is 7.00. The first-order chi connectivity index (χ1) is 4.22. The fraction of sp³-hybridized carbons (Fsp3) is 0.714. The van der Waals surface area contributed by atoms with Crippen LogP contribution in [0.25, 0.3) is 0 Å². The van der Waals surface area contributed by atoms with Crippen molar-refractivity contribution < 1.29 is 9.59 Å². The summed E-state index contributed by atoms with van der Waals surface area (Å²) in [6, 6.07) is 0. The van der Waals surface area contributed by atoms with E-state index in [1.807, 2.05) is 13.8 Å². The summed E-state index contributed by atoms with van der Waals surface area (Å²) in [6.45, 7) is 5.21. The van der Waals surface area contributed by atoms with Gasteiger partial charge in [-0.15, -0.1) is 0 Å². The molecule has 0 aromatic rings. The van der Waals surface area contributed by atoms with Crippen LogP contribution in [0, 0.1) is 0 Å². The smallest absolute Gasteiger partial charge is 0.132 e. The number of carbonyl (C=O) groups excluding carboxylic acids is 2. The molecule has 0 rings (SSSR count). The van der Waals surface area contributed by atoms with E-state index in [1.54, 1.807) is 0 Å². The van der Waals surface area contributed by atoms with Crippen LogP contribution in [0.1, 0.15) is 33.6 Å². The molecule has 2 nitrogen and oxygen atoms in total. The highest BCUT2D eigenvalue weighted by molar-refractivity contribution is 5.77. The van der Waals surface area contributed by atoms with Gasteiger partial charge in [0.25, 0.3) is 0 Å². The number of carbonyl (C=O) groups is 2. The van der Waals surface area contributed by atoms with Gasteiger partial charge in [-0.05, 0) is 6.92 Å². The third-order valence-electron chi connectivity index (χ3n) is 0.789. The highest BCUT2D eigenvalue weighted by Crippen LogP contribution is 1.82. The van der Waals surface area contributed by atoms with Gasteiger partial charge in [0, 0.05) is 12.8 Å². The maximum atomic E-state index is 10.2. The van der Waals surface area contributed by atoms with Crippen LogP contribution < -0.4 is 0 Å². The molecular formula is C7H14O2. The minimum Gasteiger partial charge on any atom is -0.304 e. The van der Waals surface area contributed by atoms with Gasteiger partial charge in [0.05, 0.1) is 0 Å². The first kappa shape index (κ1) is 11.2. The zero-order valence-corrected chi connectivity index (χ0v) is 6.31. The van der Waals surface area contributed by atoms with Crippen molar-refractivity contribution in [3.05, 3.63) is 0 Å². The minimum atomic E-state index is 0.343. The summed E-state index contributed by atoms with van der Waals surface area (Å²) in [7, 11) is 0. The summed E-state index contributed by atoms with van der Waals surface area (Å²) in [5, 5.41) is 0. The zero-order valence-electron chi connectivity index (χ0n) is 6.31. The monoisotopic (exact) mass is 130 g/mol. The lowest BCUT2D eigenvalue weighted by Gasteiger charge is -1.81. The topological polar surface area (TPSA) is 34.1 Å². The second-order valence-corrected chi connectivity index (χ2v) is 1.48. The molecule has 0 radical (unpaired) electrons. The Kier molecular flexibility index (Phi) is 12.9. The molecule has 0 fully saturated rings. The number of hydrogen-bond acceptors (Lipinski definition) is 2. The van der Waals surface area contributed by atoms with E-state index in [2.05, 4.69) is 0 Å². The summed E-state index contributed by atoms with van der Waals surface area (Å²) < 4.78 is 0. The van der Waals surface area contributed by atoms with Crippen molar-refractivity contribution >= 4 is 12.1 Å².